The number of benzene rings is 2. The summed E-state index contributed by atoms with van der Waals surface area (Å²) in [5.41, 5.74) is 5.69. The van der Waals surface area contributed by atoms with Gasteiger partial charge >= 0.3 is 0 Å². The minimum Gasteiger partial charge on any atom is -0.343 e. The predicted octanol–water partition coefficient (Wildman–Crippen LogP) is 4.57. The van der Waals surface area contributed by atoms with Gasteiger partial charge in [-0.1, -0.05) is 29.8 Å². The van der Waals surface area contributed by atoms with E-state index in [1.807, 2.05) is 18.2 Å². The Balaban J connectivity index is 1.85. The van der Waals surface area contributed by atoms with Crippen molar-refractivity contribution < 1.29 is 0 Å². The monoisotopic (exact) mass is 411 g/mol. The van der Waals surface area contributed by atoms with Crippen molar-refractivity contribution in [2.24, 2.45) is 16.8 Å². The topological polar surface area (TPSA) is 81.4 Å². The molecule has 0 unspecified atom stereocenters. The highest BCUT2D eigenvalue weighted by atomic mass is 35.5. The number of hydrazone groups is 1. The van der Waals surface area contributed by atoms with Gasteiger partial charge in [0.1, 0.15) is 5.84 Å². The number of nitrogens with zero attached hydrogens (tertiary/aromatic N) is 2. The van der Waals surface area contributed by atoms with Crippen LogP contribution in [0.4, 0.5) is 0 Å². The van der Waals surface area contributed by atoms with E-state index in [1.54, 1.807) is 11.3 Å². The quantitative estimate of drug-likeness (QED) is 0.199. The number of halogens is 1. The number of fused-ring (bicyclic) bond motifs is 2. The molecule has 0 aliphatic rings. The number of nitrogens with two attached hydrogens (primary N) is 2. The first kappa shape index (κ1) is 18.8. The number of rotatable bonds is 4. The molecule has 0 saturated heterocycles. The molecule has 0 bridgehead atoms. The Labute approximate surface area is 172 Å². The second-order valence-electron chi connectivity index (χ2n) is 7.34. The maximum Gasteiger partial charge on any atom is 0.146 e. The van der Waals surface area contributed by atoms with Gasteiger partial charge in [0.2, 0.25) is 0 Å². The van der Waals surface area contributed by atoms with Gasteiger partial charge in [-0.05, 0) is 60.0 Å². The Morgan fingerprint density at radius 1 is 1.21 bits per heavy atom. The number of amidine groups is 1. The molecular weight excluding hydrogens is 390 g/mol. The lowest BCUT2D eigenvalue weighted by molar-refractivity contribution is 0.676. The molecule has 2 aromatic carbocycles. The van der Waals surface area contributed by atoms with Crippen molar-refractivity contribution in [1.82, 2.24) is 9.99 Å². The predicted molar refractivity (Wildman–Crippen MR) is 120 cm³/mol. The van der Waals surface area contributed by atoms with E-state index >= 15 is 0 Å². The van der Waals surface area contributed by atoms with Crippen LogP contribution in [-0.4, -0.2) is 10.4 Å². The van der Waals surface area contributed by atoms with E-state index in [1.165, 1.54) is 15.6 Å². The highest BCUT2D eigenvalue weighted by Crippen LogP contribution is 2.35. The van der Waals surface area contributed by atoms with Crippen LogP contribution in [-0.2, 0) is 12.0 Å². The molecule has 0 saturated carbocycles. The minimum absolute atomic E-state index is 0.464. The summed E-state index contributed by atoms with van der Waals surface area (Å²) in [6.45, 7) is 4.87. The fourth-order valence-electron chi connectivity index (χ4n) is 3.74. The summed E-state index contributed by atoms with van der Waals surface area (Å²) in [7, 11) is 0. The molecule has 5 nitrogen and oxygen atoms in total. The van der Waals surface area contributed by atoms with Crippen LogP contribution in [0.25, 0.3) is 21.0 Å². The van der Waals surface area contributed by atoms with Crippen molar-refractivity contribution in [2.45, 2.75) is 25.8 Å². The Hall–Kier alpha value is -2.54. The molecule has 0 atom stereocenters. The average Bonchev–Trinajstić information content (AvgIpc) is 3.25. The standard InChI is InChI=1S/C21H22ClN5S/c1-21(2,20(25-23)26-24)17-11-27(18-6-4-3-5-15(17)18)10-13-12-28-19-8-7-14(22)9-16(13)19/h3-9,11-12H,10,23-24H2,1-2H3,(H,25,26). The molecule has 2 aromatic heterocycles. The third-order valence-electron chi connectivity index (χ3n) is 5.28. The molecule has 4 rings (SSSR count). The highest BCUT2D eigenvalue weighted by molar-refractivity contribution is 7.17. The average molecular weight is 412 g/mol. The van der Waals surface area contributed by atoms with Crippen LogP contribution in [0, 0.1) is 0 Å². The first-order valence-corrected chi connectivity index (χ1v) is 10.2. The Bertz CT molecular complexity index is 1190. The van der Waals surface area contributed by atoms with E-state index in [4.69, 9.17) is 23.3 Å². The first-order chi connectivity index (χ1) is 13.5. The molecule has 5 N–H and O–H groups in total. The zero-order chi connectivity index (χ0) is 19.9. The van der Waals surface area contributed by atoms with Crippen molar-refractivity contribution in [2.75, 3.05) is 0 Å². The van der Waals surface area contributed by atoms with Crippen LogP contribution in [0.15, 0.2) is 59.1 Å². The van der Waals surface area contributed by atoms with Crippen LogP contribution in [0.2, 0.25) is 5.02 Å². The summed E-state index contributed by atoms with van der Waals surface area (Å²) in [4.78, 5) is 0. The Morgan fingerprint density at radius 2 is 2.00 bits per heavy atom. The van der Waals surface area contributed by atoms with Crippen LogP contribution < -0.4 is 17.1 Å². The summed E-state index contributed by atoms with van der Waals surface area (Å²) >= 11 is 7.97. The molecule has 2 heterocycles. The molecule has 0 radical (unpaired) electrons. The zero-order valence-electron chi connectivity index (χ0n) is 15.7. The number of hydrogen-bond donors (Lipinski definition) is 3. The summed E-state index contributed by atoms with van der Waals surface area (Å²) in [5, 5.41) is 9.16. The van der Waals surface area contributed by atoms with Gasteiger partial charge in [-0.2, -0.15) is 5.10 Å². The van der Waals surface area contributed by atoms with Gasteiger partial charge in [0.15, 0.2) is 0 Å². The van der Waals surface area contributed by atoms with Crippen molar-refractivity contribution in [1.29, 1.82) is 0 Å². The van der Waals surface area contributed by atoms with Gasteiger partial charge in [-0.15, -0.1) is 11.3 Å². The van der Waals surface area contributed by atoms with E-state index < -0.39 is 5.41 Å². The molecule has 28 heavy (non-hydrogen) atoms. The van der Waals surface area contributed by atoms with Gasteiger partial charge in [-0.3, -0.25) is 0 Å². The van der Waals surface area contributed by atoms with Crippen LogP contribution in [0.3, 0.4) is 0 Å². The zero-order valence-corrected chi connectivity index (χ0v) is 17.3. The molecule has 7 heteroatoms. The molecule has 0 spiro atoms. The number of nitrogens with one attached hydrogen (secondary N) is 1. The molecular formula is C21H22ClN5S. The van der Waals surface area contributed by atoms with E-state index in [0.717, 1.165) is 28.0 Å². The maximum absolute atomic E-state index is 6.23. The van der Waals surface area contributed by atoms with Crippen LogP contribution in [0.5, 0.6) is 0 Å². The summed E-state index contributed by atoms with van der Waals surface area (Å²) in [5.74, 6) is 11.8. The summed E-state index contributed by atoms with van der Waals surface area (Å²) in [6.07, 6.45) is 2.17. The van der Waals surface area contributed by atoms with E-state index in [9.17, 15) is 0 Å². The highest BCUT2D eigenvalue weighted by Gasteiger charge is 2.31. The molecule has 4 aromatic rings. The molecule has 144 valence electrons. The van der Waals surface area contributed by atoms with E-state index in [0.29, 0.717) is 5.84 Å². The van der Waals surface area contributed by atoms with Crippen LogP contribution >= 0.6 is 22.9 Å². The number of thiophene rings is 1. The summed E-state index contributed by atoms with van der Waals surface area (Å²) in [6, 6.07) is 14.4. The van der Waals surface area contributed by atoms with Gasteiger partial charge in [0, 0.05) is 33.4 Å². The third-order valence-corrected chi connectivity index (χ3v) is 6.52. The van der Waals surface area contributed by atoms with Crippen molar-refractivity contribution in [3.63, 3.8) is 0 Å². The van der Waals surface area contributed by atoms with Crippen LogP contribution in [0.1, 0.15) is 25.0 Å². The Kier molecular flexibility index (Phi) is 4.79. The number of aromatic nitrogens is 1. The Morgan fingerprint density at radius 3 is 2.75 bits per heavy atom. The van der Waals surface area contributed by atoms with Gasteiger partial charge in [-0.25, -0.2) is 5.84 Å². The fourth-order valence-corrected chi connectivity index (χ4v) is 4.85. The summed E-state index contributed by atoms with van der Waals surface area (Å²) < 4.78 is 3.50. The maximum atomic E-state index is 6.23. The van der Waals surface area contributed by atoms with Crippen molar-refractivity contribution in [3.05, 3.63) is 70.2 Å². The van der Waals surface area contributed by atoms with Gasteiger partial charge in [0.05, 0.1) is 5.41 Å². The fraction of sp³-hybridized carbons (Fsp3) is 0.190. The van der Waals surface area contributed by atoms with Gasteiger partial charge in [0.25, 0.3) is 0 Å². The largest absolute Gasteiger partial charge is 0.343 e. The molecule has 0 aliphatic heterocycles. The molecule has 0 fully saturated rings. The third kappa shape index (κ3) is 3.03. The second-order valence-corrected chi connectivity index (χ2v) is 8.68. The number of hydrazine groups is 1. The lowest BCUT2D eigenvalue weighted by Gasteiger charge is -2.25. The van der Waals surface area contributed by atoms with Crippen molar-refractivity contribution >= 4 is 49.8 Å². The number of hydrogen-bond acceptors (Lipinski definition) is 4. The lowest BCUT2D eigenvalue weighted by Crippen LogP contribution is -2.44. The lowest BCUT2D eigenvalue weighted by atomic mass is 9.83. The SMILES string of the molecule is CC(C)(/C(=N/N)NN)c1cn(Cc2csc3ccc(Cl)cc23)c2ccccc12. The van der Waals surface area contributed by atoms with E-state index in [-0.39, 0.29) is 0 Å². The van der Waals surface area contributed by atoms with Gasteiger partial charge < -0.3 is 15.8 Å². The smallest absolute Gasteiger partial charge is 0.146 e. The van der Waals surface area contributed by atoms with Crippen molar-refractivity contribution in [3.8, 4) is 0 Å². The van der Waals surface area contributed by atoms with E-state index in [2.05, 4.69) is 64.8 Å². The second kappa shape index (κ2) is 7.13. The normalized spacial score (nSPS) is 12.8. The first-order valence-electron chi connectivity index (χ1n) is 8.94. The number of para-hydroxylation sites is 1. The minimum atomic E-state index is -0.464. The molecule has 0 amide bonds. The molecule has 0 aliphatic carbocycles.